The topological polar surface area (TPSA) is 89.3 Å². The second-order valence-corrected chi connectivity index (χ2v) is 10.4. The SMILES string of the molecule is CC(C)(C)c1cc(C(=O)Nc2ccc(S(N)(=O)=O)cc2)cc(C(C)(C)C)c1. The quantitative estimate of drug-likeness (QED) is 0.826. The fourth-order valence-electron chi connectivity index (χ4n) is 2.56. The average molecular weight is 389 g/mol. The zero-order valence-corrected chi connectivity index (χ0v) is 17.6. The molecular formula is C21H28N2O3S. The van der Waals surface area contributed by atoms with Crippen LogP contribution in [0.4, 0.5) is 5.69 Å². The molecule has 0 radical (unpaired) electrons. The number of primary sulfonamides is 1. The van der Waals surface area contributed by atoms with Gasteiger partial charge >= 0.3 is 0 Å². The molecule has 5 nitrogen and oxygen atoms in total. The zero-order chi connectivity index (χ0) is 20.6. The predicted molar refractivity (Wildman–Crippen MR) is 110 cm³/mol. The van der Waals surface area contributed by atoms with Crippen molar-refractivity contribution in [1.29, 1.82) is 0 Å². The minimum atomic E-state index is -3.76. The number of nitrogens with two attached hydrogens (primary N) is 1. The highest BCUT2D eigenvalue weighted by molar-refractivity contribution is 7.89. The fourth-order valence-corrected chi connectivity index (χ4v) is 3.07. The summed E-state index contributed by atoms with van der Waals surface area (Å²) in [4.78, 5) is 12.8. The van der Waals surface area contributed by atoms with Gasteiger partial charge in [0.1, 0.15) is 0 Å². The number of carbonyl (C=O) groups is 1. The van der Waals surface area contributed by atoms with Gasteiger partial charge in [-0.1, -0.05) is 47.6 Å². The molecule has 2 aromatic rings. The highest BCUT2D eigenvalue weighted by Gasteiger charge is 2.22. The van der Waals surface area contributed by atoms with Gasteiger partial charge in [0.15, 0.2) is 0 Å². The highest BCUT2D eigenvalue weighted by Crippen LogP contribution is 2.30. The van der Waals surface area contributed by atoms with E-state index in [1.165, 1.54) is 24.3 Å². The number of sulfonamides is 1. The van der Waals surface area contributed by atoms with Crippen LogP contribution in [0, 0.1) is 0 Å². The summed E-state index contributed by atoms with van der Waals surface area (Å²) in [7, 11) is -3.76. The Morgan fingerprint density at radius 3 is 1.67 bits per heavy atom. The van der Waals surface area contributed by atoms with Gasteiger partial charge in [-0.2, -0.15) is 0 Å². The van der Waals surface area contributed by atoms with Crippen LogP contribution in [-0.4, -0.2) is 14.3 Å². The molecule has 2 rings (SSSR count). The first-order valence-electron chi connectivity index (χ1n) is 8.78. The van der Waals surface area contributed by atoms with Gasteiger partial charge in [-0.15, -0.1) is 0 Å². The third-order valence-electron chi connectivity index (χ3n) is 4.37. The highest BCUT2D eigenvalue weighted by atomic mass is 32.2. The zero-order valence-electron chi connectivity index (χ0n) is 16.8. The number of hydrogen-bond acceptors (Lipinski definition) is 3. The van der Waals surface area contributed by atoms with Crippen molar-refractivity contribution in [3.63, 3.8) is 0 Å². The molecule has 0 unspecified atom stereocenters. The lowest BCUT2D eigenvalue weighted by atomic mass is 9.79. The van der Waals surface area contributed by atoms with Crippen molar-refractivity contribution in [3.05, 3.63) is 59.2 Å². The summed E-state index contributed by atoms with van der Waals surface area (Å²) >= 11 is 0. The van der Waals surface area contributed by atoms with Crippen LogP contribution in [-0.2, 0) is 20.9 Å². The molecular weight excluding hydrogens is 360 g/mol. The van der Waals surface area contributed by atoms with E-state index in [0.717, 1.165) is 11.1 Å². The van der Waals surface area contributed by atoms with Crippen LogP contribution in [0.5, 0.6) is 0 Å². The Labute approximate surface area is 162 Å². The van der Waals surface area contributed by atoms with Crippen LogP contribution in [0.25, 0.3) is 0 Å². The minimum absolute atomic E-state index is 0.00486. The summed E-state index contributed by atoms with van der Waals surface area (Å²) in [5, 5.41) is 7.92. The molecule has 0 saturated heterocycles. The van der Waals surface area contributed by atoms with Gasteiger partial charge < -0.3 is 5.32 Å². The van der Waals surface area contributed by atoms with Gasteiger partial charge in [-0.25, -0.2) is 13.6 Å². The van der Waals surface area contributed by atoms with Gasteiger partial charge in [0.2, 0.25) is 10.0 Å². The van der Waals surface area contributed by atoms with Gasteiger partial charge in [0.05, 0.1) is 4.90 Å². The molecule has 0 aromatic heterocycles. The summed E-state index contributed by atoms with van der Waals surface area (Å²) < 4.78 is 22.7. The van der Waals surface area contributed by atoms with E-state index >= 15 is 0 Å². The molecule has 0 bridgehead atoms. The second-order valence-electron chi connectivity index (χ2n) is 8.82. The van der Waals surface area contributed by atoms with Crippen molar-refractivity contribution in [2.24, 2.45) is 5.14 Å². The lowest BCUT2D eigenvalue weighted by molar-refractivity contribution is 0.102. The lowest BCUT2D eigenvalue weighted by Crippen LogP contribution is -2.20. The molecule has 3 N–H and O–H groups in total. The van der Waals surface area contributed by atoms with E-state index in [-0.39, 0.29) is 21.6 Å². The maximum atomic E-state index is 12.8. The molecule has 2 aromatic carbocycles. The third-order valence-corrected chi connectivity index (χ3v) is 5.30. The summed E-state index contributed by atoms with van der Waals surface area (Å²) in [5.74, 6) is -0.241. The maximum Gasteiger partial charge on any atom is 0.255 e. The predicted octanol–water partition coefficient (Wildman–Crippen LogP) is 4.18. The number of rotatable bonds is 3. The van der Waals surface area contributed by atoms with E-state index < -0.39 is 10.0 Å². The average Bonchev–Trinajstić information content (AvgIpc) is 2.52. The monoisotopic (exact) mass is 388 g/mol. The second kappa shape index (κ2) is 7.09. The molecule has 6 heteroatoms. The molecule has 0 atom stereocenters. The van der Waals surface area contributed by atoms with Crippen LogP contribution >= 0.6 is 0 Å². The van der Waals surface area contributed by atoms with E-state index in [4.69, 9.17) is 5.14 Å². The Bertz CT molecular complexity index is 916. The summed E-state index contributed by atoms with van der Waals surface area (Å²) in [6.45, 7) is 12.7. The Morgan fingerprint density at radius 2 is 1.30 bits per heavy atom. The van der Waals surface area contributed by atoms with E-state index in [1.54, 1.807) is 0 Å². The van der Waals surface area contributed by atoms with Crippen molar-refractivity contribution < 1.29 is 13.2 Å². The normalized spacial score (nSPS) is 12.7. The number of hydrogen-bond donors (Lipinski definition) is 2. The van der Waals surface area contributed by atoms with Crippen molar-refractivity contribution in [2.45, 2.75) is 57.3 Å². The van der Waals surface area contributed by atoms with Crippen molar-refractivity contribution in [1.82, 2.24) is 0 Å². The lowest BCUT2D eigenvalue weighted by Gasteiger charge is -2.26. The number of anilines is 1. The molecule has 146 valence electrons. The van der Waals surface area contributed by atoms with E-state index in [0.29, 0.717) is 11.3 Å². The molecule has 0 saturated carbocycles. The van der Waals surface area contributed by atoms with Gasteiger partial charge in [-0.05, 0) is 58.4 Å². The molecule has 0 spiro atoms. The Kier molecular flexibility index (Phi) is 5.55. The van der Waals surface area contributed by atoms with E-state index in [1.807, 2.05) is 12.1 Å². The number of nitrogens with one attached hydrogen (secondary N) is 1. The maximum absolute atomic E-state index is 12.8. The van der Waals surface area contributed by atoms with Crippen molar-refractivity contribution >= 4 is 21.6 Å². The molecule has 0 heterocycles. The Balaban J connectivity index is 2.38. The Morgan fingerprint density at radius 1 is 0.852 bits per heavy atom. The number of carbonyl (C=O) groups excluding carboxylic acids is 1. The molecule has 0 fully saturated rings. The first-order chi connectivity index (χ1) is 12.2. The summed E-state index contributed by atoms with van der Waals surface area (Å²) in [5.41, 5.74) is 3.07. The standard InChI is InChI=1S/C21H28N2O3S/c1-20(2,3)15-11-14(12-16(13-15)21(4,5)6)19(24)23-17-7-9-18(10-8-17)27(22,25)26/h7-13H,1-6H3,(H,23,24)(H2,22,25,26). The number of amides is 1. The van der Waals surface area contributed by atoms with Crippen LogP contribution in [0.3, 0.4) is 0 Å². The van der Waals surface area contributed by atoms with E-state index in [2.05, 4.69) is 52.9 Å². The van der Waals surface area contributed by atoms with E-state index in [9.17, 15) is 13.2 Å². The molecule has 27 heavy (non-hydrogen) atoms. The fraction of sp³-hybridized carbons (Fsp3) is 0.381. The first-order valence-corrected chi connectivity index (χ1v) is 10.3. The molecule has 0 aliphatic heterocycles. The third kappa shape index (κ3) is 5.40. The smallest absolute Gasteiger partial charge is 0.255 e. The van der Waals surface area contributed by atoms with Gasteiger partial charge in [-0.3, -0.25) is 4.79 Å². The first kappa shape index (κ1) is 21.1. The van der Waals surface area contributed by atoms with Crippen molar-refractivity contribution in [2.75, 3.05) is 5.32 Å². The summed E-state index contributed by atoms with van der Waals surface area (Å²) in [6.07, 6.45) is 0. The minimum Gasteiger partial charge on any atom is -0.322 e. The van der Waals surface area contributed by atoms with Gasteiger partial charge in [0, 0.05) is 11.3 Å². The van der Waals surface area contributed by atoms with Crippen LogP contribution < -0.4 is 10.5 Å². The molecule has 0 aliphatic carbocycles. The van der Waals surface area contributed by atoms with Crippen LogP contribution in [0.2, 0.25) is 0 Å². The number of benzene rings is 2. The van der Waals surface area contributed by atoms with Crippen molar-refractivity contribution in [3.8, 4) is 0 Å². The summed E-state index contributed by atoms with van der Waals surface area (Å²) in [6, 6.07) is 11.8. The van der Waals surface area contributed by atoms with Crippen LogP contribution in [0.1, 0.15) is 63.0 Å². The van der Waals surface area contributed by atoms with Gasteiger partial charge in [0.25, 0.3) is 5.91 Å². The molecule has 1 amide bonds. The Hall–Kier alpha value is -2.18. The molecule has 0 aliphatic rings. The largest absolute Gasteiger partial charge is 0.322 e. The van der Waals surface area contributed by atoms with Crippen LogP contribution in [0.15, 0.2) is 47.4 Å².